The Hall–Kier alpha value is -2.18. The Morgan fingerprint density at radius 2 is 1.92 bits per heavy atom. The second-order valence-electron chi connectivity index (χ2n) is 5.70. The van der Waals surface area contributed by atoms with E-state index < -0.39 is 5.56 Å². The molecule has 0 spiro atoms. The number of aromatic nitrogens is 2. The molecule has 24 heavy (non-hydrogen) atoms. The molecule has 2 aromatic rings. The molecule has 0 aliphatic carbocycles. The number of ketones is 1. The fraction of sp³-hybridized carbons (Fsp3) is 0.353. The van der Waals surface area contributed by atoms with Gasteiger partial charge in [0.05, 0.1) is 25.1 Å². The van der Waals surface area contributed by atoms with Crippen LogP contribution in [0.1, 0.15) is 15.9 Å². The minimum absolute atomic E-state index is 0.0867. The van der Waals surface area contributed by atoms with Crippen molar-refractivity contribution in [3.63, 3.8) is 0 Å². The molecule has 0 amide bonds. The zero-order valence-electron chi connectivity index (χ0n) is 13.4. The van der Waals surface area contributed by atoms with Gasteiger partial charge in [-0.15, -0.1) is 0 Å². The zero-order valence-corrected chi connectivity index (χ0v) is 14.1. The number of carbonyl (C=O) groups is 1. The van der Waals surface area contributed by atoms with Crippen LogP contribution in [0.3, 0.4) is 0 Å². The van der Waals surface area contributed by atoms with E-state index in [4.69, 9.17) is 16.3 Å². The number of Topliss-reactive ketones (excluding diaryl/α,β-unsaturated/α-hetero) is 1. The van der Waals surface area contributed by atoms with E-state index in [1.54, 1.807) is 12.1 Å². The highest BCUT2D eigenvalue weighted by atomic mass is 35.5. The second-order valence-corrected chi connectivity index (χ2v) is 6.07. The van der Waals surface area contributed by atoms with Gasteiger partial charge in [0.1, 0.15) is 11.6 Å². The van der Waals surface area contributed by atoms with Crippen molar-refractivity contribution in [1.29, 1.82) is 0 Å². The van der Waals surface area contributed by atoms with Crippen LogP contribution in [0.4, 0.5) is 5.69 Å². The molecule has 2 heterocycles. The normalized spacial score (nSPS) is 14.7. The summed E-state index contributed by atoms with van der Waals surface area (Å²) in [6.45, 7) is 4.31. The summed E-state index contributed by atoms with van der Waals surface area (Å²) in [5, 5.41) is 4.20. The SMILES string of the molecule is Cc1ccc(C(=O)Cn2ncc(N3CCOCC3)c(Cl)c2=O)cc1. The van der Waals surface area contributed by atoms with Crippen LogP contribution < -0.4 is 10.5 Å². The quantitative estimate of drug-likeness (QED) is 0.791. The number of hydrogen-bond acceptors (Lipinski definition) is 5. The van der Waals surface area contributed by atoms with Crippen LogP contribution in [0.15, 0.2) is 35.3 Å². The van der Waals surface area contributed by atoms with Gasteiger partial charge in [0.15, 0.2) is 5.78 Å². The van der Waals surface area contributed by atoms with E-state index >= 15 is 0 Å². The summed E-state index contributed by atoms with van der Waals surface area (Å²) in [6.07, 6.45) is 1.54. The molecule has 1 saturated heterocycles. The minimum atomic E-state index is -0.457. The number of halogens is 1. The Morgan fingerprint density at radius 1 is 1.25 bits per heavy atom. The van der Waals surface area contributed by atoms with Crippen LogP contribution in [-0.4, -0.2) is 41.9 Å². The fourth-order valence-electron chi connectivity index (χ4n) is 2.56. The number of morpholine rings is 1. The van der Waals surface area contributed by atoms with E-state index in [1.165, 1.54) is 6.20 Å². The number of hydrogen-bond donors (Lipinski definition) is 0. The second kappa shape index (κ2) is 7.15. The molecule has 1 aliphatic heterocycles. The van der Waals surface area contributed by atoms with Crippen molar-refractivity contribution in [2.45, 2.75) is 13.5 Å². The molecule has 0 saturated carbocycles. The Balaban J connectivity index is 1.81. The molecule has 126 valence electrons. The minimum Gasteiger partial charge on any atom is -0.378 e. The molecular formula is C17H18ClN3O3. The van der Waals surface area contributed by atoms with Crippen LogP contribution in [0.5, 0.6) is 0 Å². The number of ether oxygens (including phenoxy) is 1. The van der Waals surface area contributed by atoms with Gasteiger partial charge >= 0.3 is 0 Å². The Kier molecular flexibility index (Phi) is 4.97. The zero-order chi connectivity index (χ0) is 17.1. The van der Waals surface area contributed by atoms with Crippen molar-refractivity contribution >= 4 is 23.1 Å². The van der Waals surface area contributed by atoms with Crippen molar-refractivity contribution in [2.75, 3.05) is 31.2 Å². The van der Waals surface area contributed by atoms with E-state index in [0.717, 1.165) is 10.2 Å². The summed E-state index contributed by atoms with van der Waals surface area (Å²) in [5.74, 6) is -0.181. The molecule has 3 rings (SSSR count). The first-order valence-electron chi connectivity index (χ1n) is 7.74. The Labute approximate surface area is 144 Å². The van der Waals surface area contributed by atoms with Crippen LogP contribution in [0.25, 0.3) is 0 Å². The van der Waals surface area contributed by atoms with Gasteiger partial charge in [0.2, 0.25) is 0 Å². The van der Waals surface area contributed by atoms with Gasteiger partial charge in [-0.1, -0.05) is 41.4 Å². The van der Waals surface area contributed by atoms with Crippen LogP contribution in [0.2, 0.25) is 5.02 Å². The summed E-state index contributed by atoms with van der Waals surface area (Å²) in [4.78, 5) is 26.7. The maximum Gasteiger partial charge on any atom is 0.288 e. The van der Waals surface area contributed by atoms with Gasteiger partial charge in [-0.05, 0) is 6.92 Å². The van der Waals surface area contributed by atoms with E-state index in [9.17, 15) is 9.59 Å². The lowest BCUT2D eigenvalue weighted by Crippen LogP contribution is -2.38. The van der Waals surface area contributed by atoms with Crippen molar-refractivity contribution in [3.05, 3.63) is 57.0 Å². The standard InChI is InChI=1S/C17H18ClN3O3/c1-12-2-4-13(5-3-12)15(22)11-21-17(23)16(18)14(10-19-21)20-6-8-24-9-7-20/h2-5,10H,6-9,11H2,1H3. The van der Waals surface area contributed by atoms with Crippen LogP contribution in [-0.2, 0) is 11.3 Å². The number of benzene rings is 1. The molecule has 1 aliphatic rings. The highest BCUT2D eigenvalue weighted by Gasteiger charge is 2.19. The first-order chi connectivity index (χ1) is 11.6. The number of nitrogens with zero attached hydrogens (tertiary/aromatic N) is 3. The van der Waals surface area contributed by atoms with E-state index in [2.05, 4.69) is 5.10 Å². The predicted octanol–water partition coefficient (Wildman–Crippen LogP) is 1.92. The summed E-state index contributed by atoms with van der Waals surface area (Å²) in [6, 6.07) is 7.20. The number of aryl methyl sites for hydroxylation is 1. The molecule has 1 fully saturated rings. The molecule has 6 nitrogen and oxygen atoms in total. The first kappa shape index (κ1) is 16.7. The summed E-state index contributed by atoms with van der Waals surface area (Å²) < 4.78 is 6.40. The largest absolute Gasteiger partial charge is 0.378 e. The number of carbonyl (C=O) groups excluding carboxylic acids is 1. The number of rotatable bonds is 4. The molecule has 0 radical (unpaired) electrons. The average Bonchev–Trinajstić information content (AvgIpc) is 2.60. The van der Waals surface area contributed by atoms with Gasteiger partial charge in [0.25, 0.3) is 5.56 Å². The maximum atomic E-state index is 12.4. The van der Waals surface area contributed by atoms with Crippen LogP contribution in [0, 0.1) is 6.92 Å². The number of anilines is 1. The van der Waals surface area contributed by atoms with E-state index in [-0.39, 0.29) is 17.4 Å². The lowest BCUT2D eigenvalue weighted by atomic mass is 10.1. The van der Waals surface area contributed by atoms with Gasteiger partial charge in [0, 0.05) is 18.7 Å². The van der Waals surface area contributed by atoms with Crippen LogP contribution >= 0.6 is 11.6 Å². The summed E-state index contributed by atoms with van der Waals surface area (Å²) in [5.41, 5.74) is 1.74. The van der Waals surface area contributed by atoms with Crippen molar-refractivity contribution in [1.82, 2.24) is 9.78 Å². The van der Waals surface area contributed by atoms with Crippen molar-refractivity contribution < 1.29 is 9.53 Å². The van der Waals surface area contributed by atoms with Crippen molar-refractivity contribution in [2.24, 2.45) is 0 Å². The maximum absolute atomic E-state index is 12.4. The predicted molar refractivity (Wildman–Crippen MR) is 92.0 cm³/mol. The fourth-order valence-corrected chi connectivity index (χ4v) is 2.83. The monoisotopic (exact) mass is 347 g/mol. The highest BCUT2D eigenvalue weighted by Crippen LogP contribution is 2.21. The molecule has 0 N–H and O–H groups in total. The van der Waals surface area contributed by atoms with Gasteiger partial charge in [-0.3, -0.25) is 9.59 Å². The third kappa shape index (κ3) is 3.49. The lowest BCUT2D eigenvalue weighted by Gasteiger charge is -2.29. The molecule has 1 aromatic carbocycles. The molecule has 7 heteroatoms. The summed E-state index contributed by atoms with van der Waals surface area (Å²) >= 11 is 6.21. The molecule has 0 atom stereocenters. The third-order valence-corrected chi connectivity index (χ3v) is 4.34. The highest BCUT2D eigenvalue weighted by molar-refractivity contribution is 6.33. The molecule has 1 aromatic heterocycles. The summed E-state index contributed by atoms with van der Waals surface area (Å²) in [7, 11) is 0. The van der Waals surface area contributed by atoms with E-state index in [1.807, 2.05) is 24.0 Å². The smallest absolute Gasteiger partial charge is 0.288 e. The van der Waals surface area contributed by atoms with Gasteiger partial charge < -0.3 is 9.64 Å². The molecular weight excluding hydrogens is 330 g/mol. The lowest BCUT2D eigenvalue weighted by molar-refractivity contribution is 0.0965. The van der Waals surface area contributed by atoms with Gasteiger partial charge in [-0.25, -0.2) is 4.68 Å². The van der Waals surface area contributed by atoms with Gasteiger partial charge in [-0.2, -0.15) is 5.10 Å². The Bertz CT molecular complexity index is 796. The van der Waals surface area contributed by atoms with E-state index in [0.29, 0.717) is 37.6 Å². The topological polar surface area (TPSA) is 64.4 Å². The molecule has 0 bridgehead atoms. The first-order valence-corrected chi connectivity index (χ1v) is 8.12. The van der Waals surface area contributed by atoms with Crippen molar-refractivity contribution in [3.8, 4) is 0 Å². The Morgan fingerprint density at radius 3 is 2.58 bits per heavy atom. The third-order valence-electron chi connectivity index (χ3n) is 3.99. The average molecular weight is 348 g/mol. The molecule has 0 unspecified atom stereocenters.